The second-order valence-corrected chi connectivity index (χ2v) is 6.04. The molecule has 0 unspecified atom stereocenters. The summed E-state index contributed by atoms with van der Waals surface area (Å²) in [4.78, 5) is 12.9. The molecule has 0 saturated carbocycles. The third-order valence-electron chi connectivity index (χ3n) is 3.17. The van der Waals surface area contributed by atoms with Crippen molar-refractivity contribution in [3.8, 4) is 11.5 Å². The van der Waals surface area contributed by atoms with Gasteiger partial charge in [0.2, 0.25) is 0 Å². The molecule has 1 N–H and O–H groups in total. The Bertz CT molecular complexity index is 770. The first-order valence-electron chi connectivity index (χ1n) is 7.38. The van der Waals surface area contributed by atoms with E-state index in [2.05, 4.69) is 25.4 Å². The first-order chi connectivity index (χ1) is 11.8. The highest BCUT2D eigenvalue weighted by Gasteiger charge is 2.09. The van der Waals surface area contributed by atoms with Gasteiger partial charge in [0, 0.05) is 45.0 Å². The van der Waals surface area contributed by atoms with Crippen molar-refractivity contribution in [1.82, 2.24) is 24.7 Å². The lowest BCUT2D eigenvalue weighted by atomic mass is 10.3. The van der Waals surface area contributed by atoms with Crippen LogP contribution in [0.3, 0.4) is 0 Å². The van der Waals surface area contributed by atoms with Gasteiger partial charge in [-0.3, -0.25) is 0 Å². The molecule has 0 aliphatic rings. The van der Waals surface area contributed by atoms with E-state index in [0.717, 1.165) is 28.8 Å². The molecule has 24 heavy (non-hydrogen) atoms. The van der Waals surface area contributed by atoms with Gasteiger partial charge in [-0.05, 0) is 12.1 Å². The first kappa shape index (κ1) is 16.5. The molecule has 0 saturated heterocycles. The minimum Gasteiger partial charge on any atom is -0.377 e. The third kappa shape index (κ3) is 4.12. The Kier molecular flexibility index (Phi) is 5.44. The van der Waals surface area contributed by atoms with E-state index in [1.165, 1.54) is 0 Å². The normalized spacial score (nSPS) is 10.9. The van der Waals surface area contributed by atoms with Crippen molar-refractivity contribution in [2.75, 3.05) is 24.7 Å². The minimum atomic E-state index is 0.324. The third-order valence-corrected chi connectivity index (χ3v) is 4.23. The first-order valence-corrected chi connectivity index (χ1v) is 8.37. The van der Waals surface area contributed by atoms with Crippen molar-refractivity contribution in [1.29, 1.82) is 0 Å². The van der Waals surface area contributed by atoms with Gasteiger partial charge in [-0.15, -0.1) is 0 Å². The number of hydrogen-bond acceptors (Lipinski definition) is 8. The second-order valence-electron chi connectivity index (χ2n) is 4.98. The molecule has 0 atom stereocenters. The summed E-state index contributed by atoms with van der Waals surface area (Å²) < 4.78 is 12.1. The van der Waals surface area contributed by atoms with Crippen LogP contribution >= 0.6 is 11.8 Å². The zero-order valence-electron chi connectivity index (χ0n) is 13.5. The smallest absolute Gasteiger partial charge is 0.259 e. The molecule has 3 aromatic rings. The summed E-state index contributed by atoms with van der Waals surface area (Å²) in [6, 6.07) is 3.78. The van der Waals surface area contributed by atoms with Gasteiger partial charge in [0.15, 0.2) is 11.0 Å². The summed E-state index contributed by atoms with van der Waals surface area (Å²) >= 11 is 1.70. The predicted octanol–water partition coefficient (Wildman–Crippen LogP) is 2.22. The Balaban J connectivity index is 1.50. The van der Waals surface area contributed by atoms with Crippen LogP contribution in [0.1, 0.15) is 5.82 Å². The lowest BCUT2D eigenvalue weighted by molar-refractivity contribution is 0.174. The average molecular weight is 346 g/mol. The molecule has 0 fully saturated rings. The molecule has 0 bridgehead atoms. The van der Waals surface area contributed by atoms with Gasteiger partial charge in [-0.2, -0.15) is 4.98 Å². The highest BCUT2D eigenvalue weighted by molar-refractivity contribution is 7.99. The highest BCUT2D eigenvalue weighted by atomic mass is 32.2. The maximum absolute atomic E-state index is 5.18. The van der Waals surface area contributed by atoms with Crippen LogP contribution < -0.4 is 5.32 Å². The second kappa shape index (κ2) is 7.93. The molecule has 3 heterocycles. The molecule has 0 radical (unpaired) electrons. The maximum Gasteiger partial charge on any atom is 0.259 e. The number of nitrogens with zero attached hydrogens (tertiary/aromatic N) is 5. The van der Waals surface area contributed by atoms with E-state index in [1.54, 1.807) is 31.3 Å². The van der Waals surface area contributed by atoms with Crippen molar-refractivity contribution in [2.24, 2.45) is 7.05 Å². The van der Waals surface area contributed by atoms with Gasteiger partial charge in [-0.25, -0.2) is 9.97 Å². The Morgan fingerprint density at radius 1 is 1.33 bits per heavy atom. The lowest BCUT2D eigenvalue weighted by Gasteiger charge is -2.05. The van der Waals surface area contributed by atoms with Crippen LogP contribution in [0.2, 0.25) is 0 Å². The molecule has 3 aromatic heterocycles. The number of thioether (sulfide) groups is 1. The van der Waals surface area contributed by atoms with E-state index in [9.17, 15) is 0 Å². The fourth-order valence-corrected chi connectivity index (χ4v) is 2.78. The molecule has 0 aliphatic carbocycles. The van der Waals surface area contributed by atoms with E-state index in [1.807, 2.05) is 29.9 Å². The molecule has 126 valence electrons. The molecule has 0 aliphatic heterocycles. The Morgan fingerprint density at radius 2 is 2.25 bits per heavy atom. The number of methoxy groups -OCH3 is 1. The Hall–Kier alpha value is -2.39. The van der Waals surface area contributed by atoms with Crippen LogP contribution in [0.25, 0.3) is 11.5 Å². The molecular formula is C15H18N6O2S. The van der Waals surface area contributed by atoms with Crippen molar-refractivity contribution in [2.45, 2.75) is 11.8 Å². The number of imidazole rings is 1. The molecule has 0 spiro atoms. The topological polar surface area (TPSA) is 90.9 Å². The number of aromatic nitrogens is 5. The van der Waals surface area contributed by atoms with E-state index in [4.69, 9.17) is 9.26 Å². The van der Waals surface area contributed by atoms with Crippen LogP contribution in [0, 0.1) is 0 Å². The van der Waals surface area contributed by atoms with Crippen LogP contribution in [0.5, 0.6) is 0 Å². The van der Waals surface area contributed by atoms with Crippen molar-refractivity contribution in [3.05, 3.63) is 36.5 Å². The predicted molar refractivity (Wildman–Crippen MR) is 90.7 cm³/mol. The van der Waals surface area contributed by atoms with Gasteiger partial charge >= 0.3 is 0 Å². The Morgan fingerprint density at radius 3 is 2.96 bits per heavy atom. The van der Waals surface area contributed by atoms with E-state index < -0.39 is 0 Å². The quantitative estimate of drug-likeness (QED) is 0.490. The van der Waals surface area contributed by atoms with Crippen LogP contribution in [0.4, 0.5) is 5.82 Å². The molecule has 9 heteroatoms. The summed E-state index contributed by atoms with van der Waals surface area (Å²) in [5.74, 6) is 2.65. The van der Waals surface area contributed by atoms with Gasteiger partial charge in [-0.1, -0.05) is 16.9 Å². The lowest BCUT2D eigenvalue weighted by Crippen LogP contribution is -2.06. The number of aryl methyl sites for hydroxylation is 1. The number of rotatable bonds is 8. The van der Waals surface area contributed by atoms with Crippen molar-refractivity contribution >= 4 is 17.6 Å². The number of hydrogen-bond donors (Lipinski definition) is 1. The SMILES string of the molecule is COCc1noc(-c2ccc(NCCSc3nccn3C)nc2)n1. The van der Waals surface area contributed by atoms with Crippen molar-refractivity contribution in [3.63, 3.8) is 0 Å². The fourth-order valence-electron chi connectivity index (χ4n) is 2.00. The van der Waals surface area contributed by atoms with Gasteiger partial charge in [0.25, 0.3) is 5.89 Å². The number of anilines is 1. The number of pyridine rings is 1. The summed E-state index contributed by atoms with van der Waals surface area (Å²) in [5.41, 5.74) is 0.776. The van der Waals surface area contributed by atoms with Gasteiger partial charge in [0.1, 0.15) is 12.4 Å². The van der Waals surface area contributed by atoms with E-state index >= 15 is 0 Å². The van der Waals surface area contributed by atoms with Gasteiger partial charge in [0.05, 0.1) is 5.56 Å². The molecule has 0 aromatic carbocycles. The number of nitrogens with one attached hydrogen (secondary N) is 1. The van der Waals surface area contributed by atoms with E-state index in [-0.39, 0.29) is 0 Å². The van der Waals surface area contributed by atoms with Crippen LogP contribution in [0.15, 0.2) is 40.4 Å². The fraction of sp³-hybridized carbons (Fsp3) is 0.333. The average Bonchev–Trinajstić information content (AvgIpc) is 3.22. The largest absolute Gasteiger partial charge is 0.377 e. The number of ether oxygens (including phenoxy) is 1. The van der Waals surface area contributed by atoms with Crippen molar-refractivity contribution < 1.29 is 9.26 Å². The molecule has 8 nitrogen and oxygen atoms in total. The standard InChI is InChI=1S/C15H18N6O2S/c1-21-7-5-17-15(21)24-8-6-16-12-4-3-11(9-18-12)14-19-13(10-22-2)20-23-14/h3-5,7,9H,6,8,10H2,1-2H3,(H,16,18). The van der Waals surface area contributed by atoms with Gasteiger partial charge < -0.3 is 19.1 Å². The summed E-state index contributed by atoms with van der Waals surface area (Å²) in [7, 11) is 3.57. The van der Waals surface area contributed by atoms with E-state index in [0.29, 0.717) is 18.3 Å². The maximum atomic E-state index is 5.18. The zero-order valence-corrected chi connectivity index (χ0v) is 14.3. The highest BCUT2D eigenvalue weighted by Crippen LogP contribution is 2.18. The van der Waals surface area contributed by atoms with Crippen LogP contribution in [-0.4, -0.2) is 44.1 Å². The zero-order chi connectivity index (χ0) is 16.8. The molecular weight excluding hydrogens is 328 g/mol. The summed E-state index contributed by atoms with van der Waals surface area (Å²) in [5, 5.41) is 8.11. The Labute approximate surface area is 143 Å². The summed E-state index contributed by atoms with van der Waals surface area (Å²) in [6.07, 6.45) is 5.44. The van der Waals surface area contributed by atoms with Crippen LogP contribution in [-0.2, 0) is 18.4 Å². The summed E-state index contributed by atoms with van der Waals surface area (Å²) in [6.45, 7) is 1.12. The minimum absolute atomic E-state index is 0.324. The molecule has 3 rings (SSSR count). The monoisotopic (exact) mass is 346 g/mol. The molecule has 0 amide bonds.